The second-order valence-electron chi connectivity index (χ2n) is 5.90. The Labute approximate surface area is 117 Å². The highest BCUT2D eigenvalue weighted by molar-refractivity contribution is 7.18. The minimum atomic E-state index is -0.207. The third-order valence-corrected chi connectivity index (χ3v) is 5.59. The Morgan fingerprint density at radius 3 is 3.00 bits per heavy atom. The number of rotatable bonds is 2. The van der Waals surface area contributed by atoms with Crippen molar-refractivity contribution in [2.45, 2.75) is 32.1 Å². The van der Waals surface area contributed by atoms with Gasteiger partial charge in [0.05, 0.1) is 15.2 Å². The van der Waals surface area contributed by atoms with Crippen LogP contribution in [0.15, 0.2) is 18.2 Å². The van der Waals surface area contributed by atoms with Crippen LogP contribution in [-0.4, -0.2) is 18.1 Å². The van der Waals surface area contributed by atoms with Crippen LogP contribution in [0.2, 0.25) is 0 Å². The maximum atomic E-state index is 13.3. The number of thiazole rings is 1. The summed E-state index contributed by atoms with van der Waals surface area (Å²) in [6.07, 6.45) is 2.47. The lowest BCUT2D eigenvalue weighted by Gasteiger charge is -2.35. The molecule has 1 unspecified atom stereocenters. The molecular weight excluding hydrogens is 259 g/mol. The minimum Gasteiger partial charge on any atom is -0.316 e. The van der Waals surface area contributed by atoms with Crippen LogP contribution < -0.4 is 5.32 Å². The predicted octanol–water partition coefficient (Wildman–Crippen LogP) is 3.71. The number of benzene rings is 1. The normalized spacial score (nSPS) is 20.9. The Balaban J connectivity index is 1.97. The van der Waals surface area contributed by atoms with E-state index in [1.165, 1.54) is 25.0 Å². The number of fused-ring (bicyclic) bond motifs is 1. The summed E-state index contributed by atoms with van der Waals surface area (Å²) in [4.78, 5) is 4.67. The molecule has 1 aliphatic rings. The van der Waals surface area contributed by atoms with E-state index < -0.39 is 0 Å². The number of hydrogen-bond acceptors (Lipinski definition) is 3. The van der Waals surface area contributed by atoms with Gasteiger partial charge in [-0.05, 0) is 44.0 Å². The molecule has 102 valence electrons. The summed E-state index contributed by atoms with van der Waals surface area (Å²) in [5.74, 6) is 0.396. The topological polar surface area (TPSA) is 24.9 Å². The number of halogens is 1. The van der Waals surface area contributed by atoms with Crippen molar-refractivity contribution >= 4 is 21.6 Å². The molecule has 1 aromatic heterocycles. The third kappa shape index (κ3) is 2.39. The molecule has 0 radical (unpaired) electrons. The van der Waals surface area contributed by atoms with E-state index >= 15 is 0 Å². The minimum absolute atomic E-state index is 0.0492. The predicted molar refractivity (Wildman–Crippen MR) is 78.2 cm³/mol. The lowest BCUT2D eigenvalue weighted by molar-refractivity contribution is 0.251. The number of aromatic nitrogens is 1. The van der Waals surface area contributed by atoms with Crippen LogP contribution >= 0.6 is 11.3 Å². The van der Waals surface area contributed by atoms with Crippen molar-refractivity contribution in [3.05, 3.63) is 29.0 Å². The molecule has 2 heterocycles. The smallest absolute Gasteiger partial charge is 0.125 e. The van der Waals surface area contributed by atoms with Crippen LogP contribution in [0.5, 0.6) is 0 Å². The van der Waals surface area contributed by atoms with Gasteiger partial charge in [-0.15, -0.1) is 11.3 Å². The zero-order valence-corrected chi connectivity index (χ0v) is 12.2. The average Bonchev–Trinajstić information content (AvgIpc) is 2.83. The number of hydrogen-bond donors (Lipinski definition) is 1. The fourth-order valence-electron chi connectivity index (χ4n) is 2.82. The Morgan fingerprint density at radius 1 is 1.42 bits per heavy atom. The quantitative estimate of drug-likeness (QED) is 0.905. The molecular formula is C15H19FN2S. The molecule has 2 nitrogen and oxygen atoms in total. The maximum absolute atomic E-state index is 13.3. The Morgan fingerprint density at radius 2 is 2.26 bits per heavy atom. The van der Waals surface area contributed by atoms with E-state index in [0.29, 0.717) is 5.92 Å². The zero-order chi connectivity index (χ0) is 13.5. The van der Waals surface area contributed by atoms with E-state index in [9.17, 15) is 4.39 Å². The molecule has 2 aromatic rings. The second-order valence-corrected chi connectivity index (χ2v) is 6.93. The van der Waals surface area contributed by atoms with E-state index in [1.54, 1.807) is 11.3 Å². The number of nitrogens with zero attached hydrogens (tertiary/aromatic N) is 1. The van der Waals surface area contributed by atoms with Crippen LogP contribution in [0.25, 0.3) is 10.2 Å². The van der Waals surface area contributed by atoms with Gasteiger partial charge in [0.2, 0.25) is 0 Å². The lowest BCUT2D eigenvalue weighted by atomic mass is 9.75. The highest BCUT2D eigenvalue weighted by atomic mass is 32.1. The molecule has 1 N–H and O–H groups in total. The molecule has 19 heavy (non-hydrogen) atoms. The fraction of sp³-hybridized carbons (Fsp3) is 0.533. The van der Waals surface area contributed by atoms with E-state index in [1.807, 2.05) is 6.07 Å². The first-order valence-corrected chi connectivity index (χ1v) is 7.66. The summed E-state index contributed by atoms with van der Waals surface area (Å²) in [5.41, 5.74) is 0.838. The van der Waals surface area contributed by atoms with Crippen molar-refractivity contribution in [2.24, 2.45) is 5.92 Å². The largest absolute Gasteiger partial charge is 0.316 e. The van der Waals surface area contributed by atoms with Crippen molar-refractivity contribution in [3.63, 3.8) is 0 Å². The fourth-order valence-corrected chi connectivity index (χ4v) is 3.95. The Bertz CT molecular complexity index is 585. The van der Waals surface area contributed by atoms with Crippen LogP contribution in [0.4, 0.5) is 4.39 Å². The SMILES string of the molecule is CC(C)(c1nc2cc(F)ccc2s1)C1CCCNC1. The summed E-state index contributed by atoms with van der Waals surface area (Å²) in [7, 11) is 0. The van der Waals surface area contributed by atoms with Crippen molar-refractivity contribution in [3.8, 4) is 0 Å². The molecule has 1 aromatic carbocycles. The van der Waals surface area contributed by atoms with E-state index in [2.05, 4.69) is 24.1 Å². The van der Waals surface area contributed by atoms with Gasteiger partial charge in [-0.25, -0.2) is 9.37 Å². The van der Waals surface area contributed by atoms with Gasteiger partial charge in [-0.2, -0.15) is 0 Å². The van der Waals surface area contributed by atoms with Gasteiger partial charge < -0.3 is 5.32 Å². The van der Waals surface area contributed by atoms with Gasteiger partial charge >= 0.3 is 0 Å². The maximum Gasteiger partial charge on any atom is 0.125 e. The molecule has 0 aliphatic carbocycles. The molecule has 1 atom stereocenters. The first kappa shape index (κ1) is 13.0. The third-order valence-electron chi connectivity index (χ3n) is 4.22. The molecule has 3 rings (SSSR count). The molecule has 1 fully saturated rings. The van der Waals surface area contributed by atoms with Crippen molar-refractivity contribution in [1.82, 2.24) is 10.3 Å². The van der Waals surface area contributed by atoms with Gasteiger partial charge in [0.15, 0.2) is 0 Å². The number of nitrogens with one attached hydrogen (secondary N) is 1. The standard InChI is InChI=1S/C15H19FN2S/c1-15(2,10-4-3-7-17-9-10)14-18-12-8-11(16)5-6-13(12)19-14/h5-6,8,10,17H,3-4,7,9H2,1-2H3. The second kappa shape index (κ2) is 4.84. The van der Waals surface area contributed by atoms with E-state index in [0.717, 1.165) is 28.3 Å². The molecule has 0 spiro atoms. The summed E-state index contributed by atoms with van der Waals surface area (Å²) in [6.45, 7) is 6.70. The summed E-state index contributed by atoms with van der Waals surface area (Å²) >= 11 is 1.70. The van der Waals surface area contributed by atoms with Crippen molar-refractivity contribution in [2.75, 3.05) is 13.1 Å². The molecule has 1 aliphatic heterocycles. The average molecular weight is 278 g/mol. The van der Waals surface area contributed by atoms with Gasteiger partial charge in [-0.1, -0.05) is 13.8 Å². The van der Waals surface area contributed by atoms with Crippen molar-refractivity contribution in [1.29, 1.82) is 0 Å². The van der Waals surface area contributed by atoms with Crippen LogP contribution in [0.1, 0.15) is 31.7 Å². The Hall–Kier alpha value is -1.00. The first-order chi connectivity index (χ1) is 9.07. The van der Waals surface area contributed by atoms with E-state index in [4.69, 9.17) is 0 Å². The van der Waals surface area contributed by atoms with Crippen molar-refractivity contribution < 1.29 is 4.39 Å². The van der Waals surface area contributed by atoms with Crippen LogP contribution in [-0.2, 0) is 5.41 Å². The van der Waals surface area contributed by atoms with E-state index in [-0.39, 0.29) is 11.2 Å². The summed E-state index contributed by atoms with van der Waals surface area (Å²) < 4.78 is 14.3. The summed E-state index contributed by atoms with van der Waals surface area (Å²) in [6, 6.07) is 4.88. The molecule has 0 amide bonds. The molecule has 0 saturated carbocycles. The molecule has 1 saturated heterocycles. The van der Waals surface area contributed by atoms with Gasteiger partial charge in [0.1, 0.15) is 5.82 Å². The zero-order valence-electron chi connectivity index (χ0n) is 11.4. The highest BCUT2D eigenvalue weighted by Crippen LogP contribution is 2.39. The summed E-state index contributed by atoms with van der Waals surface area (Å²) in [5, 5.41) is 4.60. The van der Waals surface area contributed by atoms with Gasteiger partial charge in [0, 0.05) is 11.5 Å². The van der Waals surface area contributed by atoms with Gasteiger partial charge in [-0.3, -0.25) is 0 Å². The first-order valence-electron chi connectivity index (χ1n) is 6.84. The van der Waals surface area contributed by atoms with Crippen LogP contribution in [0.3, 0.4) is 0 Å². The van der Waals surface area contributed by atoms with Gasteiger partial charge in [0.25, 0.3) is 0 Å². The molecule has 4 heteroatoms. The monoisotopic (exact) mass is 278 g/mol. The number of piperidine rings is 1. The molecule has 0 bridgehead atoms. The highest BCUT2D eigenvalue weighted by Gasteiger charge is 2.34. The van der Waals surface area contributed by atoms with Crippen LogP contribution in [0, 0.1) is 11.7 Å². The lowest BCUT2D eigenvalue weighted by Crippen LogP contribution is -2.40. The Kier molecular flexibility index (Phi) is 3.31.